The number of benzene rings is 4. The van der Waals surface area contributed by atoms with E-state index in [1.165, 1.54) is 44.6 Å². The fraction of sp³-hybridized carbons (Fsp3) is 0.317. The summed E-state index contributed by atoms with van der Waals surface area (Å²) in [6.07, 6.45) is 7.20. The Morgan fingerprint density at radius 3 is 2.14 bits per heavy atom. The lowest BCUT2D eigenvalue weighted by molar-refractivity contribution is -0.139. The molecule has 2 amide bonds. The number of carboxylic acid groups (broad SMARTS) is 1. The molecule has 0 heterocycles. The fourth-order valence-corrected chi connectivity index (χ4v) is 5.83. The lowest BCUT2D eigenvalue weighted by Crippen LogP contribution is -2.42. The van der Waals surface area contributed by atoms with Crippen molar-refractivity contribution in [2.24, 2.45) is 0 Å². The molecule has 0 aliphatic heterocycles. The standard InChI is InChI=1S/C41H44N2O8/c1-3-4-5-6-10-25-50-33-20-16-30(17-21-33)39(47)51-35-22-13-28(27-36(35)49-2)26-34(38(45)46)43-37(44)29-14-18-32(19-15-29)42-40(48)41(23-24-41)31-11-8-7-9-12-31/h7-9,11-22,27,34H,3-6,10,23-26H2,1-2H3,(H,42,48)(H,43,44)(H,45,46). The van der Waals surface area contributed by atoms with Crippen molar-refractivity contribution in [3.05, 3.63) is 119 Å². The van der Waals surface area contributed by atoms with Crippen LogP contribution in [-0.2, 0) is 21.4 Å². The summed E-state index contributed by atoms with van der Waals surface area (Å²) >= 11 is 0. The molecular weight excluding hydrogens is 648 g/mol. The number of aliphatic carboxylic acids is 1. The predicted octanol–water partition coefficient (Wildman–Crippen LogP) is 7.36. The zero-order chi connectivity index (χ0) is 36.2. The van der Waals surface area contributed by atoms with Gasteiger partial charge < -0.3 is 30.0 Å². The summed E-state index contributed by atoms with van der Waals surface area (Å²) in [7, 11) is 1.42. The highest BCUT2D eigenvalue weighted by Gasteiger charge is 2.51. The highest BCUT2D eigenvalue weighted by atomic mass is 16.6. The van der Waals surface area contributed by atoms with E-state index in [-0.39, 0.29) is 29.4 Å². The normalized spacial score (nSPS) is 13.4. The zero-order valence-corrected chi connectivity index (χ0v) is 29.0. The number of carbonyl (C=O) groups is 4. The van der Waals surface area contributed by atoms with Crippen LogP contribution in [0.15, 0.2) is 97.1 Å². The van der Waals surface area contributed by atoms with Crippen LogP contribution in [-0.4, -0.2) is 48.6 Å². The molecule has 0 radical (unpaired) electrons. The maximum absolute atomic E-state index is 13.1. The Bertz CT molecular complexity index is 1800. The molecule has 4 aromatic carbocycles. The lowest BCUT2D eigenvalue weighted by atomic mass is 9.95. The molecule has 10 nitrogen and oxygen atoms in total. The summed E-state index contributed by atoms with van der Waals surface area (Å²) in [5, 5.41) is 15.4. The molecule has 1 fully saturated rings. The van der Waals surface area contributed by atoms with E-state index in [1.54, 1.807) is 48.5 Å². The predicted molar refractivity (Wildman–Crippen MR) is 194 cm³/mol. The Labute approximate surface area is 298 Å². The molecule has 1 unspecified atom stereocenters. The van der Waals surface area contributed by atoms with Gasteiger partial charge in [-0.15, -0.1) is 0 Å². The number of amides is 2. The molecule has 3 N–H and O–H groups in total. The van der Waals surface area contributed by atoms with Crippen LogP contribution in [0.5, 0.6) is 17.2 Å². The SMILES string of the molecule is CCCCCCCOc1ccc(C(=O)Oc2ccc(CC(NC(=O)c3ccc(NC(=O)C4(c5ccccc5)CC4)cc3)C(=O)O)cc2OC)cc1. The molecule has 0 aromatic heterocycles. The first kappa shape index (κ1) is 36.6. The van der Waals surface area contributed by atoms with E-state index in [0.29, 0.717) is 29.2 Å². The van der Waals surface area contributed by atoms with Gasteiger partial charge in [0.25, 0.3) is 5.91 Å². The Balaban J connectivity index is 1.14. The van der Waals surface area contributed by atoms with Crippen LogP contribution in [0, 0.1) is 0 Å². The van der Waals surface area contributed by atoms with Gasteiger partial charge in [-0.2, -0.15) is 0 Å². The second kappa shape index (κ2) is 17.3. The molecule has 5 rings (SSSR count). The summed E-state index contributed by atoms with van der Waals surface area (Å²) in [5.74, 6) is -1.41. The van der Waals surface area contributed by atoms with Crippen molar-refractivity contribution in [2.75, 3.05) is 19.0 Å². The summed E-state index contributed by atoms with van der Waals surface area (Å²) in [5.41, 5.74) is 2.09. The third kappa shape index (κ3) is 9.75. The number of methoxy groups -OCH3 is 1. The van der Waals surface area contributed by atoms with Crippen molar-refractivity contribution in [2.45, 2.75) is 69.7 Å². The highest BCUT2D eigenvalue weighted by molar-refractivity contribution is 6.02. The van der Waals surface area contributed by atoms with E-state index in [9.17, 15) is 24.3 Å². The summed E-state index contributed by atoms with van der Waals surface area (Å²) in [4.78, 5) is 51.1. The minimum atomic E-state index is -1.26. The number of unbranched alkanes of at least 4 members (excludes halogenated alkanes) is 4. The first-order valence-corrected chi connectivity index (χ1v) is 17.3. The maximum atomic E-state index is 13.1. The second-order valence-electron chi connectivity index (χ2n) is 12.7. The molecule has 1 aliphatic carbocycles. The molecule has 0 bridgehead atoms. The van der Waals surface area contributed by atoms with E-state index < -0.39 is 29.3 Å². The molecule has 266 valence electrons. The van der Waals surface area contributed by atoms with Crippen molar-refractivity contribution in [1.29, 1.82) is 0 Å². The zero-order valence-electron chi connectivity index (χ0n) is 29.0. The molecule has 1 aliphatic rings. The van der Waals surface area contributed by atoms with Gasteiger partial charge in [-0.3, -0.25) is 9.59 Å². The highest BCUT2D eigenvalue weighted by Crippen LogP contribution is 2.49. The van der Waals surface area contributed by atoms with Crippen molar-refractivity contribution in [3.63, 3.8) is 0 Å². The summed E-state index contributed by atoms with van der Waals surface area (Å²) < 4.78 is 16.8. The number of hydrogen-bond acceptors (Lipinski definition) is 7. The quantitative estimate of drug-likeness (QED) is 0.0559. The second-order valence-corrected chi connectivity index (χ2v) is 12.7. The summed E-state index contributed by atoms with van der Waals surface area (Å²) in [6.45, 7) is 2.80. The average Bonchev–Trinajstić information content (AvgIpc) is 3.97. The van der Waals surface area contributed by atoms with Gasteiger partial charge >= 0.3 is 11.9 Å². The number of ether oxygens (including phenoxy) is 3. The van der Waals surface area contributed by atoms with Gasteiger partial charge in [0.15, 0.2) is 11.5 Å². The maximum Gasteiger partial charge on any atom is 0.343 e. The number of nitrogens with one attached hydrogen (secondary N) is 2. The van der Waals surface area contributed by atoms with Gasteiger partial charge in [-0.25, -0.2) is 9.59 Å². The van der Waals surface area contributed by atoms with Crippen LogP contribution in [0.1, 0.15) is 83.7 Å². The van der Waals surface area contributed by atoms with Crippen LogP contribution >= 0.6 is 0 Å². The van der Waals surface area contributed by atoms with Crippen molar-refractivity contribution in [1.82, 2.24) is 5.32 Å². The molecule has 4 aromatic rings. The first-order chi connectivity index (χ1) is 24.7. The van der Waals surface area contributed by atoms with E-state index in [1.807, 2.05) is 30.3 Å². The van der Waals surface area contributed by atoms with Gasteiger partial charge in [-0.1, -0.05) is 69.0 Å². The third-order valence-corrected chi connectivity index (χ3v) is 9.00. The van der Waals surface area contributed by atoms with Crippen LogP contribution in [0.2, 0.25) is 0 Å². The van der Waals surface area contributed by atoms with Crippen LogP contribution in [0.4, 0.5) is 5.69 Å². The first-order valence-electron chi connectivity index (χ1n) is 17.3. The number of rotatable bonds is 18. The van der Waals surface area contributed by atoms with Crippen LogP contribution in [0.3, 0.4) is 0 Å². The van der Waals surface area contributed by atoms with E-state index in [2.05, 4.69) is 17.6 Å². The van der Waals surface area contributed by atoms with Crippen molar-refractivity contribution < 1.29 is 38.5 Å². The Hall–Kier alpha value is -5.64. The molecule has 1 saturated carbocycles. The Morgan fingerprint density at radius 2 is 1.49 bits per heavy atom. The number of hydrogen-bond donors (Lipinski definition) is 3. The van der Waals surface area contributed by atoms with Gasteiger partial charge in [0.1, 0.15) is 11.8 Å². The number of anilines is 1. The Morgan fingerprint density at radius 1 is 0.804 bits per heavy atom. The lowest BCUT2D eigenvalue weighted by Gasteiger charge is -2.17. The molecular formula is C41H44N2O8. The number of carboxylic acids is 1. The van der Waals surface area contributed by atoms with Gasteiger partial charge in [0.05, 0.1) is 24.7 Å². The van der Waals surface area contributed by atoms with E-state index >= 15 is 0 Å². The molecule has 10 heteroatoms. The minimum Gasteiger partial charge on any atom is -0.494 e. The molecule has 1 atom stereocenters. The van der Waals surface area contributed by atoms with Crippen molar-refractivity contribution in [3.8, 4) is 17.2 Å². The van der Waals surface area contributed by atoms with Gasteiger partial charge in [0.2, 0.25) is 5.91 Å². The van der Waals surface area contributed by atoms with E-state index in [0.717, 1.165) is 31.2 Å². The van der Waals surface area contributed by atoms with Crippen LogP contribution < -0.4 is 24.8 Å². The average molecular weight is 693 g/mol. The van der Waals surface area contributed by atoms with Crippen molar-refractivity contribution >= 4 is 29.4 Å². The van der Waals surface area contributed by atoms with Gasteiger partial charge in [0, 0.05) is 17.7 Å². The van der Waals surface area contributed by atoms with Crippen LogP contribution in [0.25, 0.3) is 0 Å². The fourth-order valence-electron chi connectivity index (χ4n) is 5.83. The molecule has 51 heavy (non-hydrogen) atoms. The monoisotopic (exact) mass is 692 g/mol. The summed E-state index contributed by atoms with van der Waals surface area (Å²) in [6, 6.07) is 26.1. The minimum absolute atomic E-state index is 0.0541. The number of esters is 1. The Kier molecular flexibility index (Phi) is 12.5. The largest absolute Gasteiger partial charge is 0.494 e. The number of carbonyl (C=O) groups excluding carboxylic acids is 3. The third-order valence-electron chi connectivity index (χ3n) is 9.00. The molecule has 0 saturated heterocycles. The topological polar surface area (TPSA) is 140 Å². The van der Waals surface area contributed by atoms with Gasteiger partial charge in [-0.05, 0) is 91.1 Å². The van der Waals surface area contributed by atoms with E-state index in [4.69, 9.17) is 14.2 Å². The molecule has 0 spiro atoms. The smallest absolute Gasteiger partial charge is 0.343 e.